The summed E-state index contributed by atoms with van der Waals surface area (Å²) < 4.78 is 7.82. The minimum Gasteiger partial charge on any atom is -0.390 e. The van der Waals surface area contributed by atoms with E-state index in [1.807, 2.05) is 25.5 Å². The molecule has 1 aromatic heterocycles. The number of rotatable bonds is 1. The summed E-state index contributed by atoms with van der Waals surface area (Å²) in [5, 5.41) is 10.8. The molecule has 0 aliphatic carbocycles. The van der Waals surface area contributed by atoms with E-state index < -0.39 is 5.60 Å². The maximum atomic E-state index is 10.8. The Balaban J connectivity index is 1.86. The molecule has 0 bridgehead atoms. The van der Waals surface area contributed by atoms with Crippen LogP contribution in [0.25, 0.3) is 11.3 Å². The Morgan fingerprint density at radius 2 is 2.25 bits per heavy atom. The van der Waals surface area contributed by atoms with Gasteiger partial charge in [0, 0.05) is 18.1 Å². The van der Waals surface area contributed by atoms with E-state index in [2.05, 4.69) is 27.8 Å². The van der Waals surface area contributed by atoms with Crippen molar-refractivity contribution >= 4 is 0 Å². The standard InChI is InChI=1S/C16H18N2O2/c1-16(19)6-7-20-9-13(16)15-12-5-3-2-4-11(12)14-8-17-10-18(14)15/h2-5,8,10,13,15,19H,6-7,9H2,1H3. The Bertz CT molecular complexity index is 647. The zero-order valence-corrected chi connectivity index (χ0v) is 11.5. The van der Waals surface area contributed by atoms with E-state index in [-0.39, 0.29) is 12.0 Å². The van der Waals surface area contributed by atoms with Crippen LogP contribution in [0.2, 0.25) is 0 Å². The Labute approximate surface area is 118 Å². The highest BCUT2D eigenvalue weighted by atomic mass is 16.5. The van der Waals surface area contributed by atoms with Crippen LogP contribution in [0.1, 0.15) is 24.9 Å². The summed E-state index contributed by atoms with van der Waals surface area (Å²) in [7, 11) is 0. The summed E-state index contributed by atoms with van der Waals surface area (Å²) in [6.07, 6.45) is 4.45. The van der Waals surface area contributed by atoms with Crippen molar-refractivity contribution in [3.8, 4) is 11.3 Å². The lowest BCUT2D eigenvalue weighted by molar-refractivity contribution is -0.112. The fourth-order valence-electron chi connectivity index (χ4n) is 3.57. The molecule has 4 rings (SSSR count). The van der Waals surface area contributed by atoms with Gasteiger partial charge in [0.15, 0.2) is 0 Å². The number of aliphatic hydroxyl groups is 1. The second-order valence-corrected chi connectivity index (χ2v) is 6.01. The summed E-state index contributed by atoms with van der Waals surface area (Å²) in [4.78, 5) is 4.28. The molecule has 1 saturated heterocycles. The van der Waals surface area contributed by atoms with Crippen LogP contribution in [0.4, 0.5) is 0 Å². The normalized spacial score (nSPS) is 31.9. The lowest BCUT2D eigenvalue weighted by Gasteiger charge is -2.41. The highest BCUT2D eigenvalue weighted by molar-refractivity contribution is 5.69. The predicted molar refractivity (Wildman–Crippen MR) is 75.4 cm³/mol. The van der Waals surface area contributed by atoms with Crippen LogP contribution >= 0.6 is 0 Å². The molecule has 4 nitrogen and oxygen atoms in total. The first kappa shape index (κ1) is 12.1. The SMILES string of the molecule is CC1(O)CCOCC1C1c2ccccc2-c2cncn21. The zero-order valence-electron chi connectivity index (χ0n) is 11.5. The van der Waals surface area contributed by atoms with Gasteiger partial charge < -0.3 is 14.4 Å². The smallest absolute Gasteiger partial charge is 0.0956 e. The van der Waals surface area contributed by atoms with Gasteiger partial charge in [-0.25, -0.2) is 4.98 Å². The molecule has 1 aromatic carbocycles. The average molecular weight is 270 g/mol. The third kappa shape index (κ3) is 1.58. The van der Waals surface area contributed by atoms with Gasteiger partial charge in [-0.2, -0.15) is 0 Å². The number of fused-ring (bicyclic) bond motifs is 3. The maximum Gasteiger partial charge on any atom is 0.0956 e. The van der Waals surface area contributed by atoms with Crippen LogP contribution < -0.4 is 0 Å². The molecule has 20 heavy (non-hydrogen) atoms. The zero-order chi connectivity index (χ0) is 13.7. The van der Waals surface area contributed by atoms with Gasteiger partial charge in [-0.1, -0.05) is 24.3 Å². The molecule has 3 atom stereocenters. The summed E-state index contributed by atoms with van der Waals surface area (Å²) in [6.45, 7) is 3.15. The third-order valence-electron chi connectivity index (χ3n) is 4.75. The molecular formula is C16H18N2O2. The van der Waals surface area contributed by atoms with Crippen molar-refractivity contribution < 1.29 is 9.84 Å². The molecule has 0 radical (unpaired) electrons. The van der Waals surface area contributed by atoms with Crippen LogP contribution in [0.5, 0.6) is 0 Å². The van der Waals surface area contributed by atoms with Gasteiger partial charge in [0.05, 0.1) is 36.5 Å². The van der Waals surface area contributed by atoms with E-state index in [0.29, 0.717) is 19.6 Å². The van der Waals surface area contributed by atoms with Crippen LogP contribution in [-0.2, 0) is 4.74 Å². The molecule has 2 aliphatic rings. The number of ether oxygens (including phenoxy) is 1. The molecule has 0 amide bonds. The number of hydrogen-bond acceptors (Lipinski definition) is 3. The van der Waals surface area contributed by atoms with Gasteiger partial charge in [-0.15, -0.1) is 0 Å². The molecule has 2 aliphatic heterocycles. The molecule has 3 unspecified atom stereocenters. The van der Waals surface area contributed by atoms with E-state index >= 15 is 0 Å². The van der Waals surface area contributed by atoms with Gasteiger partial charge in [0.25, 0.3) is 0 Å². The highest BCUT2D eigenvalue weighted by Gasteiger charge is 2.45. The Morgan fingerprint density at radius 1 is 1.40 bits per heavy atom. The molecular weight excluding hydrogens is 252 g/mol. The number of hydrogen-bond donors (Lipinski definition) is 1. The molecule has 1 N–H and O–H groups in total. The number of nitrogens with zero attached hydrogens (tertiary/aromatic N) is 2. The van der Waals surface area contributed by atoms with Gasteiger partial charge in [0.2, 0.25) is 0 Å². The van der Waals surface area contributed by atoms with Crippen molar-refractivity contribution in [1.29, 1.82) is 0 Å². The second-order valence-electron chi connectivity index (χ2n) is 6.01. The van der Waals surface area contributed by atoms with E-state index in [1.165, 1.54) is 11.1 Å². The molecule has 0 saturated carbocycles. The van der Waals surface area contributed by atoms with Crippen LogP contribution in [0.3, 0.4) is 0 Å². The third-order valence-corrected chi connectivity index (χ3v) is 4.75. The summed E-state index contributed by atoms with van der Waals surface area (Å²) >= 11 is 0. The lowest BCUT2D eigenvalue weighted by atomic mass is 9.78. The Morgan fingerprint density at radius 3 is 3.10 bits per heavy atom. The fraction of sp³-hybridized carbons (Fsp3) is 0.438. The van der Waals surface area contributed by atoms with E-state index in [4.69, 9.17) is 4.74 Å². The van der Waals surface area contributed by atoms with Crippen molar-refractivity contribution in [2.24, 2.45) is 5.92 Å². The fourth-order valence-corrected chi connectivity index (χ4v) is 3.57. The van der Waals surface area contributed by atoms with E-state index in [9.17, 15) is 5.11 Å². The average Bonchev–Trinajstić information content (AvgIpc) is 3.00. The Kier molecular flexibility index (Phi) is 2.53. The van der Waals surface area contributed by atoms with Crippen LogP contribution in [0.15, 0.2) is 36.8 Å². The second kappa shape index (κ2) is 4.17. The van der Waals surface area contributed by atoms with Crippen LogP contribution in [0, 0.1) is 5.92 Å². The number of aromatic nitrogens is 2. The quantitative estimate of drug-likeness (QED) is 0.864. The van der Waals surface area contributed by atoms with Crippen LogP contribution in [-0.4, -0.2) is 33.5 Å². The maximum absolute atomic E-state index is 10.8. The molecule has 3 heterocycles. The largest absolute Gasteiger partial charge is 0.390 e. The van der Waals surface area contributed by atoms with Crippen molar-refractivity contribution in [2.45, 2.75) is 25.0 Å². The summed E-state index contributed by atoms with van der Waals surface area (Å²) in [5.74, 6) is 0.0489. The molecule has 104 valence electrons. The minimum absolute atomic E-state index is 0.0489. The number of imidazole rings is 1. The first-order chi connectivity index (χ1) is 9.68. The first-order valence-electron chi connectivity index (χ1n) is 7.10. The molecule has 0 spiro atoms. The topological polar surface area (TPSA) is 47.3 Å². The summed E-state index contributed by atoms with van der Waals surface area (Å²) in [6, 6.07) is 8.50. The summed E-state index contributed by atoms with van der Waals surface area (Å²) in [5.41, 5.74) is 2.91. The molecule has 1 fully saturated rings. The number of benzene rings is 1. The van der Waals surface area contributed by atoms with Crippen molar-refractivity contribution in [3.05, 3.63) is 42.4 Å². The van der Waals surface area contributed by atoms with Gasteiger partial charge in [-0.3, -0.25) is 0 Å². The first-order valence-corrected chi connectivity index (χ1v) is 7.10. The van der Waals surface area contributed by atoms with Crippen molar-refractivity contribution in [2.75, 3.05) is 13.2 Å². The van der Waals surface area contributed by atoms with Crippen molar-refractivity contribution in [3.63, 3.8) is 0 Å². The predicted octanol–water partition coefficient (Wildman–Crippen LogP) is 2.24. The molecule has 2 aromatic rings. The Hall–Kier alpha value is -1.65. The lowest BCUT2D eigenvalue weighted by Crippen LogP contribution is -2.46. The van der Waals surface area contributed by atoms with E-state index in [0.717, 1.165) is 5.69 Å². The van der Waals surface area contributed by atoms with Crippen molar-refractivity contribution in [1.82, 2.24) is 9.55 Å². The van der Waals surface area contributed by atoms with E-state index in [1.54, 1.807) is 0 Å². The van der Waals surface area contributed by atoms with Gasteiger partial charge in [0.1, 0.15) is 0 Å². The van der Waals surface area contributed by atoms with Gasteiger partial charge >= 0.3 is 0 Å². The minimum atomic E-state index is -0.706. The monoisotopic (exact) mass is 270 g/mol. The van der Waals surface area contributed by atoms with Gasteiger partial charge in [-0.05, 0) is 18.9 Å². The molecule has 4 heteroatoms. The highest BCUT2D eigenvalue weighted by Crippen LogP contribution is 2.47.